The minimum Gasteiger partial charge on any atom is -0.492 e. The topological polar surface area (TPSA) is 47.7 Å². The highest BCUT2D eigenvalue weighted by Crippen LogP contribution is 2.37. The van der Waals surface area contributed by atoms with Crippen LogP contribution in [0.25, 0.3) is 0 Å². The van der Waals surface area contributed by atoms with Gasteiger partial charge in [-0.2, -0.15) is 0 Å². The van der Waals surface area contributed by atoms with Crippen molar-refractivity contribution in [3.05, 3.63) is 22.2 Å². The fraction of sp³-hybridized carbons (Fsp3) is 0.647. The molecule has 0 radical (unpaired) electrons. The minimum absolute atomic E-state index is 0. The molecule has 0 aromatic heterocycles. The third kappa shape index (κ3) is 4.99. The number of benzene rings is 1. The molecule has 1 unspecified atom stereocenters. The number of halogens is 2. The summed E-state index contributed by atoms with van der Waals surface area (Å²) in [4.78, 5) is 2.47. The van der Waals surface area contributed by atoms with Gasteiger partial charge in [-0.1, -0.05) is 13.8 Å². The van der Waals surface area contributed by atoms with E-state index in [-0.39, 0.29) is 23.9 Å². The zero-order valence-electron chi connectivity index (χ0n) is 14.4. The Morgan fingerprint density at radius 2 is 2.09 bits per heavy atom. The Hall–Kier alpha value is -0.490. The van der Waals surface area contributed by atoms with E-state index in [1.54, 1.807) is 7.11 Å². The molecule has 1 aliphatic rings. The van der Waals surface area contributed by atoms with Crippen LogP contribution in [0.2, 0.25) is 0 Å². The van der Waals surface area contributed by atoms with Crippen LogP contribution in [0.15, 0.2) is 16.6 Å². The summed E-state index contributed by atoms with van der Waals surface area (Å²) in [5, 5.41) is 0. The molecule has 2 rings (SSSR count). The van der Waals surface area contributed by atoms with Crippen molar-refractivity contribution in [2.24, 2.45) is 11.1 Å². The van der Waals surface area contributed by atoms with E-state index in [9.17, 15) is 0 Å². The Bertz CT molecular complexity index is 526. The summed E-state index contributed by atoms with van der Waals surface area (Å²) in [5.74, 6) is 1.55. The predicted octanol–water partition coefficient (Wildman–Crippen LogP) is 3.84. The second-order valence-electron chi connectivity index (χ2n) is 6.64. The number of rotatable bonds is 5. The maximum Gasteiger partial charge on any atom is 0.174 e. The summed E-state index contributed by atoms with van der Waals surface area (Å²) >= 11 is 3.58. The molecule has 0 amide bonds. The lowest BCUT2D eigenvalue weighted by molar-refractivity contribution is 0.0898. The molecule has 1 aromatic carbocycles. The summed E-state index contributed by atoms with van der Waals surface area (Å²) in [7, 11) is 1.66. The van der Waals surface area contributed by atoms with Crippen LogP contribution in [0.3, 0.4) is 0 Å². The molecular formula is C17H28BrClN2O2. The van der Waals surface area contributed by atoms with Gasteiger partial charge >= 0.3 is 0 Å². The first-order valence-electron chi connectivity index (χ1n) is 7.84. The average Bonchev–Trinajstić information content (AvgIpc) is 2.43. The monoisotopic (exact) mass is 406 g/mol. The number of hydrogen-bond acceptors (Lipinski definition) is 4. The Balaban J connectivity index is 0.00000264. The lowest BCUT2D eigenvalue weighted by atomic mass is 9.79. The highest BCUT2D eigenvalue weighted by Gasteiger charge is 2.33. The Labute approximate surface area is 154 Å². The highest BCUT2D eigenvalue weighted by molar-refractivity contribution is 9.10. The first kappa shape index (κ1) is 20.6. The molecule has 1 heterocycles. The van der Waals surface area contributed by atoms with Gasteiger partial charge in [-0.05, 0) is 52.4 Å². The summed E-state index contributed by atoms with van der Waals surface area (Å²) in [5.41, 5.74) is 7.60. The van der Waals surface area contributed by atoms with Gasteiger partial charge in [0.2, 0.25) is 0 Å². The van der Waals surface area contributed by atoms with Gasteiger partial charge in [0.05, 0.1) is 18.2 Å². The highest BCUT2D eigenvalue weighted by atomic mass is 79.9. The van der Waals surface area contributed by atoms with Gasteiger partial charge in [0.25, 0.3) is 0 Å². The molecule has 0 saturated carbocycles. The van der Waals surface area contributed by atoms with Gasteiger partial charge in [0.1, 0.15) is 0 Å². The first-order chi connectivity index (χ1) is 10.4. The van der Waals surface area contributed by atoms with Crippen molar-refractivity contribution >= 4 is 28.3 Å². The largest absolute Gasteiger partial charge is 0.492 e. The van der Waals surface area contributed by atoms with Crippen LogP contribution in [-0.4, -0.2) is 37.7 Å². The van der Waals surface area contributed by atoms with E-state index in [2.05, 4.69) is 46.8 Å². The van der Waals surface area contributed by atoms with Crippen LogP contribution >= 0.6 is 28.3 Å². The molecule has 0 bridgehead atoms. The molecule has 2 N–H and O–H groups in total. The maximum atomic E-state index is 6.22. The van der Waals surface area contributed by atoms with E-state index in [0.29, 0.717) is 6.61 Å². The number of likely N-dealkylation sites (tertiary alicyclic amines) is 1. The van der Waals surface area contributed by atoms with Crippen LogP contribution in [0.4, 0.5) is 0 Å². The van der Waals surface area contributed by atoms with E-state index < -0.39 is 0 Å². The third-order valence-electron chi connectivity index (χ3n) is 4.37. The van der Waals surface area contributed by atoms with Crippen LogP contribution < -0.4 is 15.2 Å². The number of nitrogens with zero attached hydrogens (tertiary/aromatic N) is 1. The fourth-order valence-corrected chi connectivity index (χ4v) is 3.70. The van der Waals surface area contributed by atoms with Gasteiger partial charge < -0.3 is 15.2 Å². The van der Waals surface area contributed by atoms with Gasteiger partial charge in [-0.15, -0.1) is 12.4 Å². The number of methoxy groups -OCH3 is 1. The van der Waals surface area contributed by atoms with Crippen molar-refractivity contribution in [2.45, 2.75) is 39.8 Å². The van der Waals surface area contributed by atoms with E-state index in [0.717, 1.165) is 42.0 Å². The zero-order chi connectivity index (χ0) is 16.3. The fourth-order valence-electron chi connectivity index (χ4n) is 3.05. The molecule has 23 heavy (non-hydrogen) atoms. The Morgan fingerprint density at radius 1 is 1.39 bits per heavy atom. The predicted molar refractivity (Wildman–Crippen MR) is 101 cm³/mol. The molecule has 132 valence electrons. The van der Waals surface area contributed by atoms with Gasteiger partial charge in [-0.25, -0.2) is 0 Å². The van der Waals surface area contributed by atoms with Crippen LogP contribution in [0.1, 0.15) is 32.8 Å². The SMILES string of the molecule is CCOc1cc(CN2CCC(N)C(C)(C)C2)cc(Br)c1OC.Cl. The van der Waals surface area contributed by atoms with E-state index in [4.69, 9.17) is 15.2 Å². The summed E-state index contributed by atoms with van der Waals surface area (Å²) < 4.78 is 12.1. The lowest BCUT2D eigenvalue weighted by Gasteiger charge is -2.42. The Kier molecular flexibility index (Phi) is 7.65. The molecule has 1 atom stereocenters. The van der Waals surface area contributed by atoms with Gasteiger partial charge in [-0.3, -0.25) is 4.90 Å². The van der Waals surface area contributed by atoms with E-state index >= 15 is 0 Å². The molecule has 4 nitrogen and oxygen atoms in total. The maximum absolute atomic E-state index is 6.22. The normalized spacial score (nSPS) is 20.7. The smallest absolute Gasteiger partial charge is 0.174 e. The van der Waals surface area contributed by atoms with E-state index in [1.807, 2.05) is 6.92 Å². The number of hydrogen-bond donors (Lipinski definition) is 1. The standard InChI is InChI=1S/C17H27BrN2O2.ClH/c1-5-22-14-9-12(8-13(18)16(14)21-4)10-20-7-6-15(19)17(2,3)11-20;/h8-9,15H,5-7,10-11,19H2,1-4H3;1H. The quantitative estimate of drug-likeness (QED) is 0.805. The van der Waals surface area contributed by atoms with Gasteiger partial charge in [0, 0.05) is 25.7 Å². The molecule has 1 saturated heterocycles. The molecule has 1 fully saturated rings. The molecule has 6 heteroatoms. The Morgan fingerprint density at radius 3 is 2.65 bits per heavy atom. The van der Waals surface area contributed by atoms with Crippen molar-refractivity contribution in [3.63, 3.8) is 0 Å². The first-order valence-corrected chi connectivity index (χ1v) is 8.64. The number of piperidine rings is 1. The number of nitrogens with two attached hydrogens (primary N) is 1. The third-order valence-corrected chi connectivity index (χ3v) is 4.96. The minimum atomic E-state index is 0. The van der Waals surface area contributed by atoms with E-state index in [1.165, 1.54) is 5.56 Å². The average molecular weight is 408 g/mol. The van der Waals surface area contributed by atoms with Crippen LogP contribution in [0.5, 0.6) is 11.5 Å². The van der Waals surface area contributed by atoms with Gasteiger partial charge in [0.15, 0.2) is 11.5 Å². The summed E-state index contributed by atoms with van der Waals surface area (Å²) in [6.45, 7) is 10.1. The van der Waals surface area contributed by atoms with Crippen molar-refractivity contribution < 1.29 is 9.47 Å². The second-order valence-corrected chi connectivity index (χ2v) is 7.49. The number of ether oxygens (including phenoxy) is 2. The molecule has 1 aromatic rings. The zero-order valence-corrected chi connectivity index (χ0v) is 16.8. The molecule has 0 spiro atoms. The summed E-state index contributed by atoms with van der Waals surface area (Å²) in [6.07, 6.45) is 1.04. The van der Waals surface area contributed by atoms with Crippen LogP contribution in [0, 0.1) is 5.41 Å². The molecule has 0 aliphatic carbocycles. The second kappa shape index (κ2) is 8.56. The van der Waals surface area contributed by atoms with Crippen molar-refractivity contribution in [1.82, 2.24) is 4.90 Å². The van der Waals surface area contributed by atoms with Crippen molar-refractivity contribution in [2.75, 3.05) is 26.8 Å². The van der Waals surface area contributed by atoms with Crippen LogP contribution in [-0.2, 0) is 6.54 Å². The molecule has 1 aliphatic heterocycles. The molecular weight excluding hydrogens is 380 g/mol. The van der Waals surface area contributed by atoms with Crippen molar-refractivity contribution in [3.8, 4) is 11.5 Å². The lowest BCUT2D eigenvalue weighted by Crippen LogP contribution is -2.52. The summed E-state index contributed by atoms with van der Waals surface area (Å²) in [6, 6.07) is 4.47. The van der Waals surface area contributed by atoms with Crippen molar-refractivity contribution in [1.29, 1.82) is 0 Å².